The van der Waals surface area contributed by atoms with Gasteiger partial charge in [0.05, 0.1) is 0 Å². The van der Waals surface area contributed by atoms with Crippen LogP contribution in [0.2, 0.25) is 0 Å². The first kappa shape index (κ1) is 12.8. The van der Waals surface area contributed by atoms with E-state index in [1.807, 2.05) is 6.08 Å². The third-order valence-corrected chi connectivity index (χ3v) is 2.75. The minimum atomic E-state index is 0.921. The molecule has 0 rings (SSSR count). The van der Waals surface area contributed by atoms with Crippen molar-refractivity contribution in [1.82, 2.24) is 5.43 Å². The molecule has 0 atom stereocenters. The Morgan fingerprint density at radius 2 is 2.31 bits per heavy atom. The van der Waals surface area contributed by atoms with Crippen molar-refractivity contribution in [2.75, 3.05) is 0 Å². The lowest BCUT2D eigenvalue weighted by molar-refractivity contribution is 0.961. The van der Waals surface area contributed by atoms with E-state index in [1.165, 1.54) is 10.5 Å². The molecule has 0 fully saturated rings. The highest BCUT2D eigenvalue weighted by Crippen LogP contribution is 2.31. The van der Waals surface area contributed by atoms with E-state index in [2.05, 4.69) is 41.8 Å². The van der Waals surface area contributed by atoms with Gasteiger partial charge in [-0.15, -0.1) is 0 Å². The first-order chi connectivity index (χ1) is 6.11. The Bertz CT molecular complexity index is 234. The van der Waals surface area contributed by atoms with Gasteiger partial charge < -0.3 is 5.43 Å². The molecule has 0 amide bonds. The molecule has 13 heavy (non-hydrogen) atoms. The fraction of sp³-hybridized carbons (Fsp3) is 0.333. The number of hydrogen-bond donors (Lipinski definition) is 2. The van der Waals surface area contributed by atoms with Crippen molar-refractivity contribution in [2.45, 2.75) is 20.3 Å². The molecule has 0 saturated carbocycles. The normalized spacial score (nSPS) is 12.9. The number of nitrogens with one attached hydrogen (secondary N) is 1. The van der Waals surface area contributed by atoms with Crippen molar-refractivity contribution in [3.05, 3.63) is 33.1 Å². The molecule has 0 heterocycles. The van der Waals surface area contributed by atoms with Crippen LogP contribution < -0.4 is 11.3 Å². The molecule has 0 spiro atoms. The first-order valence-corrected chi connectivity index (χ1v) is 5.57. The Hall–Kier alpha value is -0.190. The number of thioether (sulfide) groups is 1. The SMILES string of the molecule is C=C(Br)S/C(C)=C(/C=C\NN)CC. The highest BCUT2D eigenvalue weighted by Gasteiger charge is 1.98. The Balaban J connectivity index is 4.48. The number of nitrogens with two attached hydrogens (primary N) is 1. The zero-order valence-corrected chi connectivity index (χ0v) is 10.3. The van der Waals surface area contributed by atoms with Gasteiger partial charge in [0.25, 0.3) is 0 Å². The van der Waals surface area contributed by atoms with E-state index in [1.54, 1.807) is 18.0 Å². The Morgan fingerprint density at radius 1 is 1.69 bits per heavy atom. The summed E-state index contributed by atoms with van der Waals surface area (Å²) >= 11 is 4.93. The maximum absolute atomic E-state index is 5.14. The summed E-state index contributed by atoms with van der Waals surface area (Å²) in [5.74, 6) is 5.14. The van der Waals surface area contributed by atoms with Gasteiger partial charge >= 0.3 is 0 Å². The predicted molar refractivity (Wildman–Crippen MR) is 65.1 cm³/mol. The third-order valence-electron chi connectivity index (χ3n) is 1.48. The number of rotatable bonds is 5. The molecular weight excluding hydrogens is 248 g/mol. The van der Waals surface area contributed by atoms with Gasteiger partial charge in [-0.1, -0.05) is 25.3 Å². The summed E-state index contributed by atoms with van der Waals surface area (Å²) in [7, 11) is 0. The highest BCUT2D eigenvalue weighted by atomic mass is 79.9. The smallest absolute Gasteiger partial charge is 0.0476 e. The minimum Gasteiger partial charge on any atom is -0.331 e. The Morgan fingerprint density at radius 3 is 2.69 bits per heavy atom. The van der Waals surface area contributed by atoms with E-state index in [4.69, 9.17) is 5.84 Å². The van der Waals surface area contributed by atoms with E-state index < -0.39 is 0 Å². The molecule has 0 aromatic rings. The van der Waals surface area contributed by atoms with Crippen LogP contribution in [0.3, 0.4) is 0 Å². The van der Waals surface area contributed by atoms with Gasteiger partial charge in [0, 0.05) is 10.0 Å². The second-order valence-corrected chi connectivity index (χ2v) is 5.18. The second kappa shape index (κ2) is 7.24. The zero-order valence-electron chi connectivity index (χ0n) is 7.93. The molecule has 0 aliphatic rings. The van der Waals surface area contributed by atoms with E-state index in [-0.39, 0.29) is 0 Å². The maximum Gasteiger partial charge on any atom is 0.0476 e. The van der Waals surface area contributed by atoms with Gasteiger partial charge in [-0.05, 0) is 45.8 Å². The van der Waals surface area contributed by atoms with Crippen LogP contribution in [0.25, 0.3) is 0 Å². The molecule has 0 aromatic carbocycles. The number of hydrogen-bond acceptors (Lipinski definition) is 3. The van der Waals surface area contributed by atoms with Gasteiger partial charge in [0.1, 0.15) is 0 Å². The van der Waals surface area contributed by atoms with Crippen molar-refractivity contribution in [2.24, 2.45) is 5.84 Å². The lowest BCUT2D eigenvalue weighted by Crippen LogP contribution is -2.12. The summed E-state index contributed by atoms with van der Waals surface area (Å²) in [6, 6.07) is 0. The monoisotopic (exact) mass is 262 g/mol. The molecule has 0 saturated heterocycles. The molecule has 0 bridgehead atoms. The molecule has 0 unspecified atom stereocenters. The molecule has 4 heteroatoms. The third kappa shape index (κ3) is 5.96. The fourth-order valence-electron chi connectivity index (χ4n) is 0.865. The number of allylic oxidation sites excluding steroid dienone is 3. The largest absolute Gasteiger partial charge is 0.331 e. The van der Waals surface area contributed by atoms with Crippen molar-refractivity contribution in [1.29, 1.82) is 0 Å². The van der Waals surface area contributed by atoms with Gasteiger partial charge in [0.15, 0.2) is 0 Å². The average Bonchev–Trinajstić information content (AvgIpc) is 2.04. The molecule has 0 radical (unpaired) electrons. The lowest BCUT2D eigenvalue weighted by atomic mass is 10.2. The molecule has 0 aromatic heterocycles. The van der Waals surface area contributed by atoms with Crippen LogP contribution >= 0.6 is 27.7 Å². The second-order valence-electron chi connectivity index (χ2n) is 2.39. The molecule has 3 N–H and O–H groups in total. The summed E-state index contributed by atoms with van der Waals surface area (Å²) in [4.78, 5) is 1.23. The van der Waals surface area contributed by atoms with Crippen LogP contribution in [0.15, 0.2) is 33.1 Å². The number of hydrazine groups is 1. The van der Waals surface area contributed by atoms with Crippen molar-refractivity contribution >= 4 is 27.7 Å². The molecule has 0 aliphatic carbocycles. The van der Waals surface area contributed by atoms with Crippen molar-refractivity contribution < 1.29 is 0 Å². The molecule has 0 aliphatic heterocycles. The van der Waals surface area contributed by atoms with E-state index in [9.17, 15) is 0 Å². The summed E-state index contributed by atoms with van der Waals surface area (Å²) in [5.41, 5.74) is 3.74. The van der Waals surface area contributed by atoms with Gasteiger partial charge in [-0.3, -0.25) is 5.84 Å². The van der Waals surface area contributed by atoms with Gasteiger partial charge in [0.2, 0.25) is 0 Å². The van der Waals surface area contributed by atoms with Crippen molar-refractivity contribution in [3.8, 4) is 0 Å². The van der Waals surface area contributed by atoms with E-state index in [0.29, 0.717) is 0 Å². The van der Waals surface area contributed by atoms with E-state index in [0.717, 1.165) is 10.2 Å². The Labute approximate surface area is 92.4 Å². The maximum atomic E-state index is 5.14. The molecule has 74 valence electrons. The fourth-order valence-corrected chi connectivity index (χ4v) is 2.27. The summed E-state index contributed by atoms with van der Waals surface area (Å²) in [5, 5.41) is 0. The summed E-state index contributed by atoms with van der Waals surface area (Å²) in [6.45, 7) is 7.95. The van der Waals surface area contributed by atoms with Crippen LogP contribution in [0, 0.1) is 0 Å². The van der Waals surface area contributed by atoms with Crippen LogP contribution in [-0.4, -0.2) is 0 Å². The van der Waals surface area contributed by atoms with Crippen LogP contribution in [-0.2, 0) is 0 Å². The van der Waals surface area contributed by atoms with E-state index >= 15 is 0 Å². The topological polar surface area (TPSA) is 38.0 Å². The van der Waals surface area contributed by atoms with Crippen LogP contribution in [0.5, 0.6) is 0 Å². The summed E-state index contributed by atoms with van der Waals surface area (Å²) in [6.07, 6.45) is 4.68. The number of halogens is 1. The average molecular weight is 263 g/mol. The minimum absolute atomic E-state index is 0.921. The van der Waals surface area contributed by atoms with Crippen LogP contribution in [0.1, 0.15) is 20.3 Å². The predicted octanol–water partition coefficient (Wildman–Crippen LogP) is 3.25. The molecule has 2 nitrogen and oxygen atoms in total. The standard InChI is InChI=1S/C9H15BrN2S/c1-4-9(5-6-12-11)7(2)13-8(3)10/h5-6,12H,3-4,11H2,1-2H3/b6-5-,9-7+. The van der Waals surface area contributed by atoms with Crippen molar-refractivity contribution in [3.63, 3.8) is 0 Å². The lowest BCUT2D eigenvalue weighted by Gasteiger charge is -2.04. The van der Waals surface area contributed by atoms with Gasteiger partial charge in [-0.2, -0.15) is 0 Å². The highest BCUT2D eigenvalue weighted by molar-refractivity contribution is 9.14. The molecular formula is C9H15BrN2S. The first-order valence-electron chi connectivity index (χ1n) is 3.96. The quantitative estimate of drug-likeness (QED) is 0.454. The summed E-state index contributed by atoms with van der Waals surface area (Å²) < 4.78 is 0.921. The van der Waals surface area contributed by atoms with Gasteiger partial charge in [-0.25, -0.2) is 0 Å². The zero-order chi connectivity index (χ0) is 10.3. The van der Waals surface area contributed by atoms with Crippen LogP contribution in [0.4, 0.5) is 0 Å². The Kier molecular flexibility index (Phi) is 7.13.